The van der Waals surface area contributed by atoms with Gasteiger partial charge in [-0.1, -0.05) is 0 Å². The average molecular weight is 403 g/mol. The van der Waals surface area contributed by atoms with E-state index in [1.807, 2.05) is 0 Å². The molecule has 6 nitrogen and oxygen atoms in total. The van der Waals surface area contributed by atoms with Crippen LogP contribution in [-0.4, -0.2) is 9.91 Å². The Morgan fingerprint density at radius 3 is 2.50 bits per heavy atom. The number of anilines is 1. The van der Waals surface area contributed by atoms with Gasteiger partial charge in [0.2, 0.25) is 0 Å². The molecule has 0 aliphatic rings. The Bertz CT molecular complexity index is 641. The molecule has 8 heteroatoms. The zero-order chi connectivity index (χ0) is 14.7. The molecule has 1 aromatic heterocycles. The minimum atomic E-state index is -0.469. The lowest BCUT2D eigenvalue weighted by Crippen LogP contribution is -1.99. The molecule has 0 aliphatic heterocycles. The molecule has 0 bridgehead atoms. The van der Waals surface area contributed by atoms with E-state index in [1.54, 1.807) is 18.3 Å². The highest BCUT2D eigenvalue weighted by Gasteiger charge is 2.15. The minimum absolute atomic E-state index is 0.0238. The van der Waals surface area contributed by atoms with E-state index >= 15 is 0 Å². The van der Waals surface area contributed by atoms with Crippen LogP contribution in [0, 0.1) is 10.1 Å². The molecule has 2 rings (SSSR count). The van der Waals surface area contributed by atoms with Crippen LogP contribution in [0.25, 0.3) is 0 Å². The van der Waals surface area contributed by atoms with Crippen molar-refractivity contribution < 1.29 is 9.66 Å². The lowest BCUT2D eigenvalue weighted by atomic mass is 10.2. The summed E-state index contributed by atoms with van der Waals surface area (Å²) in [7, 11) is 0. The maximum atomic E-state index is 10.7. The summed E-state index contributed by atoms with van der Waals surface area (Å²) in [6, 6.07) is 6.26. The third-order valence-corrected chi connectivity index (χ3v) is 3.60. The third-order valence-electron chi connectivity index (χ3n) is 2.42. The predicted molar refractivity (Wildman–Crippen MR) is 81.5 cm³/mol. The Kier molecular flexibility index (Phi) is 4.56. The van der Waals surface area contributed by atoms with Crippen LogP contribution in [0.15, 0.2) is 39.4 Å². The van der Waals surface area contributed by atoms with Gasteiger partial charge in [-0.25, -0.2) is 4.98 Å². The van der Waals surface area contributed by atoms with E-state index in [0.29, 0.717) is 20.5 Å². The van der Waals surface area contributed by atoms with Crippen molar-refractivity contribution in [1.82, 2.24) is 4.98 Å². The number of nitrogens with two attached hydrogens (primary N) is 1. The van der Waals surface area contributed by atoms with E-state index < -0.39 is 4.92 Å². The quantitative estimate of drug-likeness (QED) is 0.622. The van der Waals surface area contributed by atoms with Crippen LogP contribution in [0.5, 0.6) is 5.75 Å². The molecule has 0 aliphatic carbocycles. The van der Waals surface area contributed by atoms with Crippen LogP contribution in [-0.2, 0) is 6.61 Å². The first-order valence-corrected chi connectivity index (χ1v) is 7.02. The zero-order valence-corrected chi connectivity index (χ0v) is 13.2. The smallest absolute Gasteiger partial charge is 0.271 e. The summed E-state index contributed by atoms with van der Waals surface area (Å²) in [4.78, 5) is 14.2. The molecular weight excluding hydrogens is 394 g/mol. The summed E-state index contributed by atoms with van der Waals surface area (Å²) >= 11 is 6.52. The van der Waals surface area contributed by atoms with Gasteiger partial charge in [0.15, 0.2) is 0 Å². The summed E-state index contributed by atoms with van der Waals surface area (Å²) in [5.74, 6) is 0.902. The van der Waals surface area contributed by atoms with Gasteiger partial charge in [-0.05, 0) is 49.6 Å². The summed E-state index contributed by atoms with van der Waals surface area (Å²) in [6.07, 6.45) is 1.59. The van der Waals surface area contributed by atoms with Gasteiger partial charge in [0, 0.05) is 18.3 Å². The van der Waals surface area contributed by atoms with Gasteiger partial charge in [-0.2, -0.15) is 0 Å². The van der Waals surface area contributed by atoms with Gasteiger partial charge in [0.25, 0.3) is 5.69 Å². The number of nitro benzene ring substituents is 1. The molecule has 0 fully saturated rings. The number of aromatic nitrogens is 1. The van der Waals surface area contributed by atoms with E-state index in [1.165, 1.54) is 12.1 Å². The summed E-state index contributed by atoms with van der Waals surface area (Å²) < 4.78 is 6.64. The maximum absolute atomic E-state index is 10.7. The highest BCUT2D eigenvalue weighted by Crippen LogP contribution is 2.37. The maximum Gasteiger partial charge on any atom is 0.271 e. The van der Waals surface area contributed by atoms with Crippen molar-refractivity contribution in [2.45, 2.75) is 6.61 Å². The molecule has 1 heterocycles. The first-order valence-electron chi connectivity index (χ1n) is 5.44. The molecule has 20 heavy (non-hydrogen) atoms. The highest BCUT2D eigenvalue weighted by molar-refractivity contribution is 9.11. The molecule has 2 N–H and O–H groups in total. The van der Waals surface area contributed by atoms with Gasteiger partial charge >= 0.3 is 0 Å². The number of nitro groups is 1. The zero-order valence-electron chi connectivity index (χ0n) is 10.0. The molecule has 0 spiro atoms. The molecule has 0 radical (unpaired) electrons. The highest BCUT2D eigenvalue weighted by atomic mass is 79.9. The van der Waals surface area contributed by atoms with E-state index in [-0.39, 0.29) is 12.3 Å². The van der Waals surface area contributed by atoms with Crippen LogP contribution in [0.2, 0.25) is 0 Å². The van der Waals surface area contributed by atoms with Gasteiger partial charge in [-0.15, -0.1) is 0 Å². The van der Waals surface area contributed by atoms with Crippen molar-refractivity contribution in [2.75, 3.05) is 5.73 Å². The first kappa shape index (κ1) is 14.7. The number of hydrogen-bond donors (Lipinski definition) is 1. The fraction of sp³-hybridized carbons (Fsp3) is 0.0833. The fourth-order valence-corrected chi connectivity index (χ4v) is 2.92. The van der Waals surface area contributed by atoms with Crippen molar-refractivity contribution in [3.05, 3.63) is 55.1 Å². The number of non-ortho nitro benzene ring substituents is 1. The van der Waals surface area contributed by atoms with Gasteiger partial charge in [0.1, 0.15) is 18.2 Å². The summed E-state index contributed by atoms with van der Waals surface area (Å²) in [5, 5.41) is 10.7. The molecule has 1 aromatic carbocycles. The van der Waals surface area contributed by atoms with Crippen LogP contribution in [0.4, 0.5) is 11.5 Å². The Balaban J connectivity index is 2.20. The number of rotatable bonds is 4. The number of pyridine rings is 1. The molecule has 0 saturated heterocycles. The second-order valence-electron chi connectivity index (χ2n) is 3.87. The lowest BCUT2D eigenvalue weighted by Gasteiger charge is -2.10. The van der Waals surface area contributed by atoms with Crippen molar-refractivity contribution >= 4 is 43.4 Å². The van der Waals surface area contributed by atoms with Crippen LogP contribution < -0.4 is 10.5 Å². The van der Waals surface area contributed by atoms with Crippen molar-refractivity contribution in [3.63, 3.8) is 0 Å². The van der Waals surface area contributed by atoms with Crippen molar-refractivity contribution in [1.29, 1.82) is 0 Å². The van der Waals surface area contributed by atoms with Gasteiger partial charge < -0.3 is 10.5 Å². The largest absolute Gasteiger partial charge is 0.487 e. The number of nitrogens with zero attached hydrogens (tertiary/aromatic N) is 2. The molecule has 0 amide bonds. The third kappa shape index (κ3) is 3.45. The second-order valence-corrected chi connectivity index (χ2v) is 5.58. The first-order chi connectivity index (χ1) is 9.47. The minimum Gasteiger partial charge on any atom is -0.487 e. The summed E-state index contributed by atoms with van der Waals surface area (Å²) in [5.41, 5.74) is 6.41. The Morgan fingerprint density at radius 1 is 1.30 bits per heavy atom. The average Bonchev–Trinajstić information content (AvgIpc) is 2.37. The van der Waals surface area contributed by atoms with Crippen LogP contribution >= 0.6 is 31.9 Å². The van der Waals surface area contributed by atoms with Gasteiger partial charge in [-0.3, -0.25) is 10.1 Å². The molecule has 104 valence electrons. The SMILES string of the molecule is Nc1cc(COc2c(Br)cc([N+](=O)[O-])cc2Br)ccn1. The Morgan fingerprint density at radius 2 is 1.95 bits per heavy atom. The van der Waals surface area contributed by atoms with E-state index in [0.717, 1.165) is 5.56 Å². The Hall–Kier alpha value is -1.67. The van der Waals surface area contributed by atoms with Crippen molar-refractivity contribution in [3.8, 4) is 5.75 Å². The molecule has 0 saturated carbocycles. The molecule has 2 aromatic rings. The number of nitrogen functional groups attached to an aromatic ring is 1. The number of benzene rings is 1. The van der Waals surface area contributed by atoms with Crippen molar-refractivity contribution in [2.24, 2.45) is 0 Å². The number of ether oxygens (including phenoxy) is 1. The number of hydrogen-bond acceptors (Lipinski definition) is 5. The Labute approximate surface area is 131 Å². The normalized spacial score (nSPS) is 10.3. The second kappa shape index (κ2) is 6.19. The monoisotopic (exact) mass is 401 g/mol. The van der Waals surface area contributed by atoms with E-state index in [4.69, 9.17) is 10.5 Å². The lowest BCUT2D eigenvalue weighted by molar-refractivity contribution is -0.385. The van der Waals surface area contributed by atoms with E-state index in [9.17, 15) is 10.1 Å². The molecule has 0 unspecified atom stereocenters. The predicted octanol–water partition coefficient (Wildman–Crippen LogP) is 3.68. The van der Waals surface area contributed by atoms with Gasteiger partial charge in [0.05, 0.1) is 13.9 Å². The topological polar surface area (TPSA) is 91.3 Å². The van der Waals surface area contributed by atoms with Crippen LogP contribution in [0.1, 0.15) is 5.56 Å². The molecule has 0 atom stereocenters. The van der Waals surface area contributed by atoms with Crippen LogP contribution in [0.3, 0.4) is 0 Å². The molecular formula is C12H9Br2N3O3. The summed E-state index contributed by atoms with van der Waals surface area (Å²) in [6.45, 7) is 0.279. The van der Waals surface area contributed by atoms with E-state index in [2.05, 4.69) is 36.8 Å². The fourth-order valence-electron chi connectivity index (χ4n) is 1.53. The number of halogens is 2. The standard InChI is InChI=1S/C12H9Br2N3O3/c13-9-4-8(17(18)19)5-10(14)12(9)20-6-7-1-2-16-11(15)3-7/h1-5H,6H2,(H2,15,16).